The van der Waals surface area contributed by atoms with Gasteiger partial charge < -0.3 is 15.5 Å². The van der Waals surface area contributed by atoms with E-state index in [-0.39, 0.29) is 24.1 Å². The molecule has 4 aliphatic rings. The lowest BCUT2D eigenvalue weighted by Gasteiger charge is -2.29. The molecule has 7 heteroatoms. The van der Waals surface area contributed by atoms with Crippen LogP contribution in [0.5, 0.6) is 0 Å². The molecule has 1 aromatic rings. The monoisotopic (exact) mass is 354 g/mol. The Balaban J connectivity index is 1.27. The highest BCUT2D eigenvalue weighted by atomic mass is 16.2. The largest absolute Gasteiger partial charge is 0.322 e. The first-order chi connectivity index (χ1) is 12.6. The summed E-state index contributed by atoms with van der Waals surface area (Å²) in [5.74, 6) is -0.733. The summed E-state index contributed by atoms with van der Waals surface area (Å²) in [6.07, 6.45) is 1.91. The number of hydrogen-bond donors (Lipinski definition) is 3. The van der Waals surface area contributed by atoms with Gasteiger partial charge in [0.25, 0.3) is 5.91 Å². The SMILES string of the molecule is O=C1CCC(N2Cc3ccc(CNC4CC45CNC5)cc3C2=O)C(=O)N1. The van der Waals surface area contributed by atoms with E-state index in [0.717, 1.165) is 30.8 Å². The number of fused-ring (bicyclic) bond motifs is 1. The van der Waals surface area contributed by atoms with Crippen LogP contribution in [0.4, 0.5) is 0 Å². The van der Waals surface area contributed by atoms with Gasteiger partial charge in [-0.2, -0.15) is 0 Å². The average Bonchev–Trinajstić information content (AvgIpc) is 3.26. The van der Waals surface area contributed by atoms with Crippen molar-refractivity contribution in [1.29, 1.82) is 0 Å². The summed E-state index contributed by atoms with van der Waals surface area (Å²) >= 11 is 0. The van der Waals surface area contributed by atoms with Crippen molar-refractivity contribution in [3.8, 4) is 0 Å². The fraction of sp³-hybridized carbons (Fsp3) is 0.526. The quantitative estimate of drug-likeness (QED) is 0.657. The van der Waals surface area contributed by atoms with Gasteiger partial charge in [0.05, 0.1) is 0 Å². The predicted octanol–water partition coefficient (Wildman–Crippen LogP) is -0.101. The maximum atomic E-state index is 12.8. The number of hydrogen-bond acceptors (Lipinski definition) is 5. The Morgan fingerprint density at radius 1 is 1.23 bits per heavy atom. The Hall–Kier alpha value is -2.25. The fourth-order valence-electron chi connectivity index (χ4n) is 4.43. The van der Waals surface area contributed by atoms with Gasteiger partial charge in [-0.3, -0.25) is 19.7 Å². The van der Waals surface area contributed by atoms with E-state index in [1.54, 1.807) is 4.90 Å². The highest BCUT2D eigenvalue weighted by molar-refractivity contribution is 6.05. The van der Waals surface area contributed by atoms with Gasteiger partial charge in [0, 0.05) is 49.6 Å². The minimum atomic E-state index is -0.549. The van der Waals surface area contributed by atoms with Crippen molar-refractivity contribution in [3.05, 3.63) is 34.9 Å². The molecule has 0 aromatic heterocycles. The van der Waals surface area contributed by atoms with Crippen LogP contribution in [-0.2, 0) is 22.7 Å². The molecule has 1 saturated carbocycles. The van der Waals surface area contributed by atoms with E-state index in [9.17, 15) is 14.4 Å². The topological polar surface area (TPSA) is 90.5 Å². The average molecular weight is 354 g/mol. The molecule has 5 rings (SSSR count). The van der Waals surface area contributed by atoms with Gasteiger partial charge in [0.2, 0.25) is 11.8 Å². The van der Waals surface area contributed by atoms with Crippen LogP contribution in [0.15, 0.2) is 18.2 Å². The number of nitrogens with one attached hydrogen (secondary N) is 3. The van der Waals surface area contributed by atoms with Crippen LogP contribution >= 0.6 is 0 Å². The lowest BCUT2D eigenvalue weighted by molar-refractivity contribution is -0.136. The molecule has 2 unspecified atom stereocenters. The molecule has 2 atom stereocenters. The minimum Gasteiger partial charge on any atom is -0.322 e. The van der Waals surface area contributed by atoms with Crippen LogP contribution in [0.25, 0.3) is 0 Å². The van der Waals surface area contributed by atoms with Crippen molar-refractivity contribution in [1.82, 2.24) is 20.9 Å². The standard InChI is InChI=1S/C19H22N4O3/c24-16-4-3-14(17(25)22-16)23-8-12-2-1-11(5-13(12)18(23)26)7-21-15-6-19(15)9-20-10-19/h1-2,5,14-15,20-21H,3-4,6-10H2,(H,22,24,25). The molecule has 3 fully saturated rings. The summed E-state index contributed by atoms with van der Waals surface area (Å²) < 4.78 is 0. The van der Waals surface area contributed by atoms with E-state index in [4.69, 9.17) is 0 Å². The second kappa shape index (κ2) is 5.62. The van der Waals surface area contributed by atoms with Gasteiger partial charge in [-0.15, -0.1) is 0 Å². The smallest absolute Gasteiger partial charge is 0.255 e. The van der Waals surface area contributed by atoms with Crippen molar-refractivity contribution in [3.63, 3.8) is 0 Å². The third-order valence-electron chi connectivity index (χ3n) is 6.29. The third kappa shape index (κ3) is 2.46. The molecule has 1 aromatic carbocycles. The van der Waals surface area contributed by atoms with Gasteiger partial charge in [-0.05, 0) is 30.0 Å². The van der Waals surface area contributed by atoms with Crippen LogP contribution in [0.1, 0.15) is 40.7 Å². The number of benzene rings is 1. The highest BCUT2D eigenvalue weighted by Crippen LogP contribution is 2.49. The van der Waals surface area contributed by atoms with Crippen LogP contribution in [0, 0.1) is 5.41 Å². The molecule has 7 nitrogen and oxygen atoms in total. The molecule has 2 saturated heterocycles. The lowest BCUT2D eigenvalue weighted by atomic mass is 9.99. The first-order valence-corrected chi connectivity index (χ1v) is 9.26. The van der Waals surface area contributed by atoms with Gasteiger partial charge >= 0.3 is 0 Å². The number of carbonyl (C=O) groups is 3. The molecule has 26 heavy (non-hydrogen) atoms. The molecule has 0 radical (unpaired) electrons. The Morgan fingerprint density at radius 2 is 2.08 bits per heavy atom. The number of carbonyl (C=O) groups excluding carboxylic acids is 3. The molecular weight excluding hydrogens is 332 g/mol. The van der Waals surface area contributed by atoms with E-state index in [0.29, 0.717) is 30.0 Å². The van der Waals surface area contributed by atoms with Crippen LogP contribution in [-0.4, -0.2) is 47.8 Å². The number of amides is 3. The Labute approximate surface area is 151 Å². The van der Waals surface area contributed by atoms with E-state index in [1.807, 2.05) is 12.1 Å². The number of imide groups is 1. The van der Waals surface area contributed by atoms with E-state index in [1.165, 1.54) is 6.42 Å². The fourth-order valence-corrected chi connectivity index (χ4v) is 4.43. The van der Waals surface area contributed by atoms with Gasteiger partial charge in [-0.1, -0.05) is 12.1 Å². The summed E-state index contributed by atoms with van der Waals surface area (Å²) in [6.45, 7) is 3.40. The summed E-state index contributed by atoms with van der Waals surface area (Å²) in [5, 5.41) is 9.26. The van der Waals surface area contributed by atoms with Gasteiger partial charge in [-0.25, -0.2) is 0 Å². The first-order valence-electron chi connectivity index (χ1n) is 9.26. The predicted molar refractivity (Wildman–Crippen MR) is 93.0 cm³/mol. The van der Waals surface area contributed by atoms with Crippen molar-refractivity contribution < 1.29 is 14.4 Å². The number of piperidine rings is 1. The Morgan fingerprint density at radius 3 is 2.77 bits per heavy atom. The van der Waals surface area contributed by atoms with Crippen molar-refractivity contribution in [2.75, 3.05) is 13.1 Å². The summed E-state index contributed by atoms with van der Waals surface area (Å²) in [5.41, 5.74) is 3.21. The molecule has 1 spiro atoms. The molecule has 3 N–H and O–H groups in total. The zero-order valence-electron chi connectivity index (χ0n) is 14.5. The van der Waals surface area contributed by atoms with Crippen molar-refractivity contribution in [2.45, 2.75) is 44.4 Å². The molecule has 136 valence electrons. The minimum absolute atomic E-state index is 0.109. The molecule has 3 heterocycles. The third-order valence-corrected chi connectivity index (χ3v) is 6.29. The second-order valence-corrected chi connectivity index (χ2v) is 7.99. The van der Waals surface area contributed by atoms with Crippen molar-refractivity contribution >= 4 is 17.7 Å². The number of rotatable bonds is 4. The van der Waals surface area contributed by atoms with Crippen molar-refractivity contribution in [2.24, 2.45) is 5.41 Å². The molecular formula is C19H22N4O3. The first kappa shape index (κ1) is 16.0. The molecule has 3 aliphatic heterocycles. The zero-order valence-corrected chi connectivity index (χ0v) is 14.5. The lowest BCUT2D eigenvalue weighted by Crippen LogP contribution is -2.52. The Bertz CT molecular complexity index is 817. The maximum Gasteiger partial charge on any atom is 0.255 e. The van der Waals surface area contributed by atoms with Gasteiger partial charge in [0.15, 0.2) is 0 Å². The normalized spacial score (nSPS) is 28.8. The molecule has 0 bridgehead atoms. The van der Waals surface area contributed by atoms with Crippen LogP contribution in [0.2, 0.25) is 0 Å². The summed E-state index contributed by atoms with van der Waals surface area (Å²) in [6, 6.07) is 6.02. The van der Waals surface area contributed by atoms with Crippen LogP contribution in [0.3, 0.4) is 0 Å². The molecule has 3 amide bonds. The van der Waals surface area contributed by atoms with E-state index in [2.05, 4.69) is 22.0 Å². The van der Waals surface area contributed by atoms with E-state index >= 15 is 0 Å². The highest BCUT2D eigenvalue weighted by Gasteiger charge is 2.57. The van der Waals surface area contributed by atoms with Gasteiger partial charge in [0.1, 0.15) is 6.04 Å². The summed E-state index contributed by atoms with van der Waals surface area (Å²) in [4.78, 5) is 37.8. The van der Waals surface area contributed by atoms with E-state index < -0.39 is 6.04 Å². The maximum absolute atomic E-state index is 12.8. The summed E-state index contributed by atoms with van der Waals surface area (Å²) in [7, 11) is 0. The molecule has 1 aliphatic carbocycles. The Kier molecular flexibility index (Phi) is 3.45. The number of nitrogens with zero attached hydrogens (tertiary/aromatic N) is 1. The second-order valence-electron chi connectivity index (χ2n) is 7.99. The van der Waals surface area contributed by atoms with Crippen LogP contribution < -0.4 is 16.0 Å². The zero-order chi connectivity index (χ0) is 17.9.